The maximum atomic E-state index is 12.8. The number of carbonyl (C=O) groups is 3. The maximum Gasteiger partial charge on any atom is 0.325 e. The van der Waals surface area contributed by atoms with Crippen LogP contribution in [0.3, 0.4) is 0 Å². The topological polar surface area (TPSA) is 78.5 Å². The predicted octanol–water partition coefficient (Wildman–Crippen LogP) is 1.35. The third-order valence-electron chi connectivity index (χ3n) is 4.18. The normalized spacial score (nSPS) is 20.7. The summed E-state index contributed by atoms with van der Waals surface area (Å²) in [5, 5.41) is 7.02. The van der Waals surface area contributed by atoms with Crippen molar-refractivity contribution in [3.63, 3.8) is 0 Å². The van der Waals surface area contributed by atoms with Gasteiger partial charge in [0.05, 0.1) is 0 Å². The van der Waals surface area contributed by atoms with E-state index < -0.39 is 23.4 Å². The van der Waals surface area contributed by atoms with Crippen LogP contribution in [-0.4, -0.2) is 36.3 Å². The molecule has 2 N–H and O–H groups in total. The first-order chi connectivity index (χ1) is 11.0. The molecular weight excluding hydrogens is 294 g/mol. The Hall–Kier alpha value is -2.89. The Morgan fingerprint density at radius 2 is 1.87 bits per heavy atom. The zero-order chi connectivity index (χ0) is 16.6. The molecule has 0 saturated carbocycles. The number of amides is 4. The highest BCUT2D eigenvalue weighted by molar-refractivity contribution is 6.10. The summed E-state index contributed by atoms with van der Waals surface area (Å²) >= 11 is 0. The number of benzene rings is 2. The number of carbonyl (C=O) groups excluding carboxylic acids is 3. The van der Waals surface area contributed by atoms with E-state index in [4.69, 9.17) is 0 Å². The van der Waals surface area contributed by atoms with Crippen molar-refractivity contribution in [2.24, 2.45) is 0 Å². The minimum atomic E-state index is -1.19. The van der Waals surface area contributed by atoms with Crippen molar-refractivity contribution >= 4 is 28.6 Å². The molecule has 0 unspecified atom stereocenters. The SMILES string of the molecule is CNC(=O)CN1C(=O)N[C@](C)(c2cccc3ccccc23)C1=O. The molecule has 4 amide bonds. The van der Waals surface area contributed by atoms with Crippen LogP contribution in [0.25, 0.3) is 10.8 Å². The third-order valence-corrected chi connectivity index (χ3v) is 4.18. The van der Waals surface area contributed by atoms with Crippen LogP contribution in [0.15, 0.2) is 42.5 Å². The molecule has 6 nitrogen and oxygen atoms in total. The van der Waals surface area contributed by atoms with Crippen LogP contribution in [0, 0.1) is 0 Å². The largest absolute Gasteiger partial charge is 0.358 e. The van der Waals surface area contributed by atoms with Crippen molar-refractivity contribution in [1.82, 2.24) is 15.5 Å². The summed E-state index contributed by atoms with van der Waals surface area (Å²) in [6.07, 6.45) is 0. The molecule has 0 radical (unpaired) electrons. The molecule has 0 aromatic heterocycles. The van der Waals surface area contributed by atoms with E-state index in [1.165, 1.54) is 7.05 Å². The fourth-order valence-corrected chi connectivity index (χ4v) is 2.91. The maximum absolute atomic E-state index is 12.8. The average Bonchev–Trinajstić information content (AvgIpc) is 2.78. The van der Waals surface area contributed by atoms with Gasteiger partial charge in [-0.25, -0.2) is 4.79 Å². The van der Waals surface area contributed by atoms with E-state index in [-0.39, 0.29) is 6.54 Å². The summed E-state index contributed by atoms with van der Waals surface area (Å²) < 4.78 is 0. The zero-order valence-corrected chi connectivity index (χ0v) is 12.9. The van der Waals surface area contributed by atoms with E-state index in [9.17, 15) is 14.4 Å². The first kappa shape index (κ1) is 15.0. The van der Waals surface area contributed by atoms with Crippen LogP contribution in [-0.2, 0) is 15.1 Å². The fraction of sp³-hybridized carbons (Fsp3) is 0.235. The first-order valence-corrected chi connectivity index (χ1v) is 7.30. The van der Waals surface area contributed by atoms with Gasteiger partial charge < -0.3 is 10.6 Å². The summed E-state index contributed by atoms with van der Waals surface area (Å²) in [4.78, 5) is 37.4. The molecule has 0 aliphatic carbocycles. The Morgan fingerprint density at radius 3 is 2.61 bits per heavy atom. The van der Waals surface area contributed by atoms with E-state index >= 15 is 0 Å². The summed E-state index contributed by atoms with van der Waals surface area (Å²) in [6.45, 7) is 1.38. The average molecular weight is 311 g/mol. The lowest BCUT2D eigenvalue weighted by molar-refractivity contribution is -0.134. The van der Waals surface area contributed by atoms with E-state index in [2.05, 4.69) is 10.6 Å². The van der Waals surface area contributed by atoms with Crippen LogP contribution in [0.5, 0.6) is 0 Å². The smallest absolute Gasteiger partial charge is 0.325 e. The number of hydrogen-bond donors (Lipinski definition) is 2. The van der Waals surface area contributed by atoms with Crippen LogP contribution < -0.4 is 10.6 Å². The number of fused-ring (bicyclic) bond motifs is 1. The highest BCUT2D eigenvalue weighted by atomic mass is 16.2. The molecule has 0 bridgehead atoms. The summed E-state index contributed by atoms with van der Waals surface area (Å²) in [7, 11) is 1.46. The second-order valence-corrected chi connectivity index (χ2v) is 5.65. The van der Waals surface area contributed by atoms with Crippen LogP contribution in [0.2, 0.25) is 0 Å². The number of nitrogens with one attached hydrogen (secondary N) is 2. The summed E-state index contributed by atoms with van der Waals surface area (Å²) in [5.74, 6) is -0.821. The van der Waals surface area contributed by atoms with Gasteiger partial charge in [-0.2, -0.15) is 0 Å². The van der Waals surface area contributed by atoms with Crippen molar-refractivity contribution in [3.8, 4) is 0 Å². The molecule has 0 spiro atoms. The highest BCUT2D eigenvalue weighted by Crippen LogP contribution is 2.33. The highest BCUT2D eigenvalue weighted by Gasteiger charge is 2.49. The van der Waals surface area contributed by atoms with Crippen molar-refractivity contribution in [1.29, 1.82) is 0 Å². The standard InChI is InChI=1S/C17H17N3O3/c1-17(13-9-5-7-11-6-3-4-8-12(11)13)15(22)20(16(23)19-17)10-14(21)18-2/h3-9H,10H2,1-2H3,(H,18,21)(H,19,23)/t17-/m1/s1. The van der Waals surface area contributed by atoms with Gasteiger partial charge in [-0.15, -0.1) is 0 Å². The minimum Gasteiger partial charge on any atom is -0.358 e. The molecule has 1 aliphatic rings. The lowest BCUT2D eigenvalue weighted by Crippen LogP contribution is -2.42. The van der Waals surface area contributed by atoms with Crippen molar-refractivity contribution in [2.75, 3.05) is 13.6 Å². The molecule has 1 saturated heterocycles. The quantitative estimate of drug-likeness (QED) is 0.840. The van der Waals surface area contributed by atoms with Gasteiger partial charge in [0, 0.05) is 7.05 Å². The molecule has 1 heterocycles. The second-order valence-electron chi connectivity index (χ2n) is 5.65. The van der Waals surface area contributed by atoms with Crippen molar-refractivity contribution in [2.45, 2.75) is 12.5 Å². The van der Waals surface area contributed by atoms with Crippen LogP contribution >= 0.6 is 0 Å². The molecule has 1 fully saturated rings. The van der Waals surface area contributed by atoms with E-state index in [1.807, 2.05) is 42.5 Å². The number of likely N-dealkylation sites (N-methyl/N-ethyl adjacent to an activating group) is 1. The molecule has 3 rings (SSSR count). The number of imide groups is 1. The van der Waals surface area contributed by atoms with E-state index in [0.29, 0.717) is 5.56 Å². The minimum absolute atomic E-state index is 0.290. The zero-order valence-electron chi connectivity index (χ0n) is 12.9. The summed E-state index contributed by atoms with van der Waals surface area (Å²) in [5.41, 5.74) is -0.472. The predicted molar refractivity (Wildman–Crippen MR) is 85.6 cm³/mol. The summed E-state index contributed by atoms with van der Waals surface area (Å²) in [6, 6.07) is 12.7. The van der Waals surface area contributed by atoms with Gasteiger partial charge in [-0.1, -0.05) is 42.5 Å². The lowest BCUT2D eigenvalue weighted by Gasteiger charge is -2.24. The Labute approximate surface area is 133 Å². The molecule has 2 aromatic carbocycles. The van der Waals surface area contributed by atoms with Gasteiger partial charge in [0.25, 0.3) is 5.91 Å². The molecule has 2 aromatic rings. The van der Waals surface area contributed by atoms with Gasteiger partial charge in [0.1, 0.15) is 12.1 Å². The Balaban J connectivity index is 2.06. The third kappa shape index (κ3) is 2.32. The van der Waals surface area contributed by atoms with Crippen molar-refractivity contribution in [3.05, 3.63) is 48.0 Å². The Kier molecular flexibility index (Phi) is 3.52. The van der Waals surface area contributed by atoms with Gasteiger partial charge in [0.2, 0.25) is 5.91 Å². The molecule has 6 heteroatoms. The number of nitrogens with zero attached hydrogens (tertiary/aromatic N) is 1. The van der Waals surface area contributed by atoms with Gasteiger partial charge >= 0.3 is 6.03 Å². The lowest BCUT2D eigenvalue weighted by atomic mass is 9.88. The van der Waals surface area contributed by atoms with E-state index in [1.54, 1.807) is 6.92 Å². The second kappa shape index (κ2) is 5.39. The van der Waals surface area contributed by atoms with Gasteiger partial charge in [-0.3, -0.25) is 14.5 Å². The molecule has 1 atom stereocenters. The number of rotatable bonds is 3. The molecule has 23 heavy (non-hydrogen) atoms. The van der Waals surface area contributed by atoms with Crippen LogP contribution in [0.1, 0.15) is 12.5 Å². The van der Waals surface area contributed by atoms with Gasteiger partial charge in [0.15, 0.2) is 0 Å². The van der Waals surface area contributed by atoms with E-state index in [0.717, 1.165) is 15.7 Å². The monoisotopic (exact) mass is 311 g/mol. The van der Waals surface area contributed by atoms with Gasteiger partial charge in [-0.05, 0) is 23.3 Å². The molecule has 1 aliphatic heterocycles. The fourth-order valence-electron chi connectivity index (χ4n) is 2.91. The van der Waals surface area contributed by atoms with Crippen LogP contribution in [0.4, 0.5) is 4.79 Å². The Morgan fingerprint density at radius 1 is 1.17 bits per heavy atom. The molecular formula is C17H17N3O3. The molecule has 118 valence electrons. The van der Waals surface area contributed by atoms with Crippen molar-refractivity contribution < 1.29 is 14.4 Å². The first-order valence-electron chi connectivity index (χ1n) is 7.30. The number of urea groups is 1. The number of hydrogen-bond acceptors (Lipinski definition) is 3. The Bertz CT molecular complexity index is 812.